The first-order valence-electron chi connectivity index (χ1n) is 9.14. The van der Waals surface area contributed by atoms with Crippen molar-refractivity contribution in [3.05, 3.63) is 70.4 Å². The predicted molar refractivity (Wildman–Crippen MR) is 105 cm³/mol. The molecule has 3 aromatic rings. The van der Waals surface area contributed by atoms with Crippen LogP contribution in [0.1, 0.15) is 19.4 Å². The maximum Gasteiger partial charge on any atom is 0.193 e. The zero-order valence-corrected chi connectivity index (χ0v) is 15.4. The molecule has 0 aliphatic carbocycles. The van der Waals surface area contributed by atoms with Crippen molar-refractivity contribution in [1.29, 1.82) is 0 Å². The summed E-state index contributed by atoms with van der Waals surface area (Å²) < 4.78 is 11.9. The minimum Gasteiger partial charge on any atom is -0.455 e. The Balaban J connectivity index is 1.84. The fourth-order valence-electron chi connectivity index (χ4n) is 3.01. The molecule has 2 aromatic carbocycles. The standard InChI is InChI=1S/C22H25NO3/c1-3-23(4-2)13-14-25-16-18-11-8-12-19-20(24)15-21(26-22(18)19)17-9-6-5-7-10-17/h5-12,15H,3-4,13-14,16H2,1-2H3. The normalized spacial score (nSPS) is 11.3. The van der Waals surface area contributed by atoms with Crippen LogP contribution in [-0.4, -0.2) is 31.1 Å². The minimum atomic E-state index is -0.0323. The van der Waals surface area contributed by atoms with Gasteiger partial charge in [0.15, 0.2) is 5.43 Å². The lowest BCUT2D eigenvalue weighted by atomic mass is 10.1. The van der Waals surface area contributed by atoms with E-state index in [-0.39, 0.29) is 5.43 Å². The van der Waals surface area contributed by atoms with Crippen molar-refractivity contribution in [3.63, 3.8) is 0 Å². The highest BCUT2D eigenvalue weighted by atomic mass is 16.5. The molecule has 136 valence electrons. The second-order valence-electron chi connectivity index (χ2n) is 6.21. The Kier molecular flexibility index (Phi) is 6.21. The van der Waals surface area contributed by atoms with Crippen molar-refractivity contribution < 1.29 is 9.15 Å². The van der Waals surface area contributed by atoms with Crippen molar-refractivity contribution >= 4 is 11.0 Å². The van der Waals surface area contributed by atoms with Crippen molar-refractivity contribution in [1.82, 2.24) is 4.90 Å². The van der Waals surface area contributed by atoms with E-state index >= 15 is 0 Å². The molecule has 1 aromatic heterocycles. The Morgan fingerprint density at radius 2 is 1.77 bits per heavy atom. The van der Waals surface area contributed by atoms with Gasteiger partial charge in [0.25, 0.3) is 0 Å². The monoisotopic (exact) mass is 351 g/mol. The molecule has 0 radical (unpaired) electrons. The summed E-state index contributed by atoms with van der Waals surface area (Å²) >= 11 is 0. The molecule has 0 N–H and O–H groups in total. The largest absolute Gasteiger partial charge is 0.455 e. The van der Waals surface area contributed by atoms with E-state index < -0.39 is 0 Å². The van der Waals surface area contributed by atoms with E-state index in [2.05, 4.69) is 18.7 Å². The topological polar surface area (TPSA) is 42.7 Å². The molecule has 0 aliphatic rings. The van der Waals surface area contributed by atoms with Gasteiger partial charge in [-0.05, 0) is 19.2 Å². The van der Waals surface area contributed by atoms with Crippen LogP contribution in [0.5, 0.6) is 0 Å². The van der Waals surface area contributed by atoms with Crippen LogP contribution in [0, 0.1) is 0 Å². The average molecular weight is 351 g/mol. The number of hydrogen-bond acceptors (Lipinski definition) is 4. The molecule has 1 heterocycles. The quantitative estimate of drug-likeness (QED) is 0.567. The molecule has 3 rings (SSSR count). The molecular formula is C22H25NO3. The summed E-state index contributed by atoms with van der Waals surface area (Å²) in [4.78, 5) is 14.8. The van der Waals surface area contributed by atoms with Crippen LogP contribution in [0.4, 0.5) is 0 Å². The van der Waals surface area contributed by atoms with Crippen molar-refractivity contribution in [2.75, 3.05) is 26.2 Å². The van der Waals surface area contributed by atoms with Gasteiger partial charge in [0.2, 0.25) is 0 Å². The fraction of sp³-hybridized carbons (Fsp3) is 0.318. The van der Waals surface area contributed by atoms with E-state index in [1.807, 2.05) is 42.5 Å². The summed E-state index contributed by atoms with van der Waals surface area (Å²) in [5.74, 6) is 0.582. The summed E-state index contributed by atoms with van der Waals surface area (Å²) in [6.07, 6.45) is 0. The summed E-state index contributed by atoms with van der Waals surface area (Å²) in [6, 6.07) is 16.9. The van der Waals surface area contributed by atoms with Gasteiger partial charge in [-0.25, -0.2) is 0 Å². The highest BCUT2D eigenvalue weighted by Gasteiger charge is 2.10. The van der Waals surface area contributed by atoms with Crippen molar-refractivity contribution in [3.8, 4) is 11.3 Å². The number of likely N-dealkylation sites (N-methyl/N-ethyl adjacent to an activating group) is 1. The van der Waals surface area contributed by atoms with Gasteiger partial charge in [-0.15, -0.1) is 0 Å². The number of nitrogens with zero attached hydrogens (tertiary/aromatic N) is 1. The summed E-state index contributed by atoms with van der Waals surface area (Å²) in [7, 11) is 0. The van der Waals surface area contributed by atoms with Gasteiger partial charge in [-0.3, -0.25) is 4.79 Å². The fourth-order valence-corrected chi connectivity index (χ4v) is 3.01. The minimum absolute atomic E-state index is 0.0323. The van der Waals surface area contributed by atoms with E-state index in [4.69, 9.17) is 9.15 Å². The van der Waals surface area contributed by atoms with Gasteiger partial charge >= 0.3 is 0 Å². The van der Waals surface area contributed by atoms with Crippen LogP contribution in [0.25, 0.3) is 22.3 Å². The van der Waals surface area contributed by atoms with Crippen molar-refractivity contribution in [2.45, 2.75) is 20.5 Å². The van der Waals surface area contributed by atoms with E-state index in [0.29, 0.717) is 29.9 Å². The molecule has 0 spiro atoms. The maximum absolute atomic E-state index is 12.5. The Hall–Kier alpha value is -2.43. The summed E-state index contributed by atoms with van der Waals surface area (Å²) in [5, 5.41) is 0.592. The molecule has 0 fully saturated rings. The van der Waals surface area contributed by atoms with Gasteiger partial charge < -0.3 is 14.1 Å². The number of benzene rings is 2. The molecule has 0 atom stereocenters. The average Bonchev–Trinajstić information content (AvgIpc) is 2.69. The zero-order chi connectivity index (χ0) is 18.4. The molecule has 4 nitrogen and oxygen atoms in total. The van der Waals surface area contributed by atoms with Crippen LogP contribution < -0.4 is 5.43 Å². The summed E-state index contributed by atoms with van der Waals surface area (Å²) in [6.45, 7) is 8.31. The molecule has 0 bridgehead atoms. The number of ether oxygens (including phenoxy) is 1. The zero-order valence-electron chi connectivity index (χ0n) is 15.4. The molecule has 26 heavy (non-hydrogen) atoms. The number of hydrogen-bond donors (Lipinski definition) is 0. The molecule has 0 unspecified atom stereocenters. The molecule has 0 amide bonds. The third kappa shape index (κ3) is 4.21. The third-order valence-electron chi connectivity index (χ3n) is 4.60. The first kappa shape index (κ1) is 18.4. The molecule has 0 aliphatic heterocycles. The van der Waals surface area contributed by atoms with Gasteiger partial charge in [0.05, 0.1) is 18.6 Å². The van der Waals surface area contributed by atoms with Gasteiger partial charge in [-0.1, -0.05) is 56.3 Å². The third-order valence-corrected chi connectivity index (χ3v) is 4.60. The number of rotatable bonds is 8. The molecular weight excluding hydrogens is 326 g/mol. The lowest BCUT2D eigenvalue weighted by Crippen LogP contribution is -2.27. The highest BCUT2D eigenvalue weighted by molar-refractivity contribution is 5.81. The predicted octanol–water partition coefficient (Wildman–Crippen LogP) is 4.32. The lowest BCUT2D eigenvalue weighted by molar-refractivity contribution is 0.0958. The summed E-state index contributed by atoms with van der Waals surface area (Å²) in [5.41, 5.74) is 2.37. The molecule has 0 saturated carbocycles. The highest BCUT2D eigenvalue weighted by Crippen LogP contribution is 2.24. The first-order valence-corrected chi connectivity index (χ1v) is 9.14. The van der Waals surface area contributed by atoms with Crippen LogP contribution >= 0.6 is 0 Å². The van der Waals surface area contributed by atoms with Crippen LogP contribution in [-0.2, 0) is 11.3 Å². The lowest BCUT2D eigenvalue weighted by Gasteiger charge is -2.17. The maximum atomic E-state index is 12.5. The van der Waals surface area contributed by atoms with Crippen molar-refractivity contribution in [2.24, 2.45) is 0 Å². The Labute approximate surface area is 154 Å². The molecule has 0 saturated heterocycles. The molecule has 4 heteroatoms. The Bertz CT molecular complexity index is 898. The SMILES string of the molecule is CCN(CC)CCOCc1cccc2c(=O)cc(-c3ccccc3)oc12. The Morgan fingerprint density at radius 1 is 1.00 bits per heavy atom. The van der Waals surface area contributed by atoms with Gasteiger partial charge in [-0.2, -0.15) is 0 Å². The number of fused-ring (bicyclic) bond motifs is 1. The van der Waals surface area contributed by atoms with Crippen LogP contribution in [0.3, 0.4) is 0 Å². The smallest absolute Gasteiger partial charge is 0.193 e. The van der Waals surface area contributed by atoms with Gasteiger partial charge in [0, 0.05) is 23.7 Å². The Morgan fingerprint density at radius 3 is 2.50 bits per heavy atom. The van der Waals surface area contributed by atoms with E-state index in [1.54, 1.807) is 12.1 Å². The second-order valence-corrected chi connectivity index (χ2v) is 6.21. The van der Waals surface area contributed by atoms with Crippen LogP contribution in [0.15, 0.2) is 63.8 Å². The number of para-hydroxylation sites is 1. The van der Waals surface area contributed by atoms with E-state index in [1.165, 1.54) is 0 Å². The van der Waals surface area contributed by atoms with E-state index in [9.17, 15) is 4.79 Å². The first-order chi connectivity index (χ1) is 12.7. The van der Waals surface area contributed by atoms with E-state index in [0.717, 1.165) is 30.8 Å². The van der Waals surface area contributed by atoms with Crippen LogP contribution in [0.2, 0.25) is 0 Å². The second kappa shape index (κ2) is 8.79. The van der Waals surface area contributed by atoms with Gasteiger partial charge in [0.1, 0.15) is 11.3 Å².